The van der Waals surface area contributed by atoms with Gasteiger partial charge in [0, 0.05) is 18.7 Å². The second-order valence-electron chi connectivity index (χ2n) is 6.39. The van der Waals surface area contributed by atoms with E-state index in [1.165, 1.54) is 12.1 Å². The van der Waals surface area contributed by atoms with Gasteiger partial charge in [-0.15, -0.1) is 24.0 Å². The van der Waals surface area contributed by atoms with Crippen molar-refractivity contribution in [2.24, 2.45) is 4.99 Å². The molecule has 1 aliphatic rings. The van der Waals surface area contributed by atoms with Gasteiger partial charge in [0.2, 0.25) is 0 Å². The van der Waals surface area contributed by atoms with E-state index in [0.29, 0.717) is 32.1 Å². The number of hydrogen-bond donors (Lipinski definition) is 2. The molecule has 1 aliphatic heterocycles. The van der Waals surface area contributed by atoms with E-state index in [9.17, 15) is 4.39 Å². The number of rotatable bonds is 7. The lowest BCUT2D eigenvalue weighted by atomic mass is 10.1. The van der Waals surface area contributed by atoms with Crippen LogP contribution in [0.25, 0.3) is 0 Å². The van der Waals surface area contributed by atoms with Crippen LogP contribution in [-0.2, 0) is 24.3 Å². The van der Waals surface area contributed by atoms with E-state index in [1.54, 1.807) is 7.11 Å². The lowest BCUT2D eigenvalue weighted by Gasteiger charge is -2.21. The van der Waals surface area contributed by atoms with Crippen LogP contribution < -0.4 is 20.1 Å². The van der Waals surface area contributed by atoms with Gasteiger partial charge < -0.3 is 24.8 Å². The maximum Gasteiger partial charge on any atom is 0.191 e. The fourth-order valence-electron chi connectivity index (χ4n) is 3.04. The Balaban J connectivity index is 0.00000300. The van der Waals surface area contributed by atoms with Crippen molar-refractivity contribution in [1.82, 2.24) is 10.6 Å². The highest BCUT2D eigenvalue weighted by molar-refractivity contribution is 14.0. The highest BCUT2D eigenvalue weighted by Gasteiger charge is 2.16. The van der Waals surface area contributed by atoms with Gasteiger partial charge in [-0.1, -0.05) is 12.1 Å². The van der Waals surface area contributed by atoms with Gasteiger partial charge in [-0.2, -0.15) is 0 Å². The smallest absolute Gasteiger partial charge is 0.191 e. The molecule has 6 nitrogen and oxygen atoms in total. The minimum atomic E-state index is -0.276. The first-order chi connectivity index (χ1) is 13.7. The van der Waals surface area contributed by atoms with Crippen LogP contribution >= 0.6 is 24.0 Å². The number of ether oxygens (including phenoxy) is 3. The zero-order valence-corrected chi connectivity index (χ0v) is 19.0. The van der Waals surface area contributed by atoms with Gasteiger partial charge in [0.05, 0.1) is 20.3 Å². The highest BCUT2D eigenvalue weighted by Crippen LogP contribution is 2.29. The summed E-state index contributed by atoms with van der Waals surface area (Å²) in [6.45, 7) is 4.47. The van der Waals surface area contributed by atoms with Gasteiger partial charge in [0.1, 0.15) is 17.3 Å². The maximum atomic E-state index is 13.9. The normalized spacial score (nSPS) is 13.0. The molecule has 0 atom stereocenters. The standard InChI is InChI=1S/C21H26FN3O3.HI/c1-3-23-21(25-12-15-5-4-6-19(9-15)26-2)24-8-7-16-10-18(22)11-17-13-27-14-28-20(16)17;/h4-6,9-11H,3,7-8,12-14H2,1-2H3,(H2,23,24,25);1H. The molecule has 0 unspecified atom stereocenters. The molecule has 158 valence electrons. The van der Waals surface area contributed by atoms with Gasteiger partial charge in [-0.05, 0) is 48.7 Å². The highest BCUT2D eigenvalue weighted by atomic mass is 127. The fraction of sp³-hybridized carbons (Fsp3) is 0.381. The molecule has 0 spiro atoms. The second-order valence-corrected chi connectivity index (χ2v) is 6.39. The van der Waals surface area contributed by atoms with Gasteiger partial charge in [0.25, 0.3) is 0 Å². The molecule has 0 saturated carbocycles. The third-order valence-electron chi connectivity index (χ3n) is 4.34. The summed E-state index contributed by atoms with van der Waals surface area (Å²) in [5.41, 5.74) is 2.64. The Kier molecular flexibility index (Phi) is 9.46. The largest absolute Gasteiger partial charge is 0.497 e. The summed E-state index contributed by atoms with van der Waals surface area (Å²) < 4.78 is 29.9. The van der Waals surface area contributed by atoms with Crippen molar-refractivity contribution in [3.8, 4) is 11.5 Å². The first-order valence-corrected chi connectivity index (χ1v) is 9.36. The van der Waals surface area contributed by atoms with Crippen molar-refractivity contribution in [2.45, 2.75) is 26.5 Å². The van der Waals surface area contributed by atoms with Gasteiger partial charge in [-0.25, -0.2) is 9.38 Å². The summed E-state index contributed by atoms with van der Waals surface area (Å²) in [5.74, 6) is 1.97. The Labute approximate surface area is 187 Å². The van der Waals surface area contributed by atoms with Crippen molar-refractivity contribution < 1.29 is 18.6 Å². The van der Waals surface area contributed by atoms with E-state index in [2.05, 4.69) is 15.6 Å². The van der Waals surface area contributed by atoms with Crippen LogP contribution in [0.1, 0.15) is 23.6 Å². The molecule has 0 saturated heterocycles. The van der Waals surface area contributed by atoms with Gasteiger partial charge in [-0.3, -0.25) is 0 Å². The van der Waals surface area contributed by atoms with Crippen molar-refractivity contribution in [3.05, 3.63) is 58.9 Å². The Hall–Kier alpha value is -2.07. The van der Waals surface area contributed by atoms with E-state index in [0.717, 1.165) is 34.7 Å². The summed E-state index contributed by atoms with van der Waals surface area (Å²) in [5, 5.41) is 6.52. The number of methoxy groups -OCH3 is 1. The average molecular weight is 515 g/mol. The van der Waals surface area contributed by atoms with E-state index in [1.807, 2.05) is 31.2 Å². The summed E-state index contributed by atoms with van der Waals surface area (Å²) in [6, 6.07) is 10.8. The SMILES string of the molecule is CCNC(=NCc1cccc(OC)c1)NCCc1cc(F)cc2c1OCOC2.I. The molecule has 1 heterocycles. The Morgan fingerprint density at radius 2 is 2.10 bits per heavy atom. The summed E-state index contributed by atoms with van der Waals surface area (Å²) in [7, 11) is 1.65. The minimum Gasteiger partial charge on any atom is -0.497 e. The summed E-state index contributed by atoms with van der Waals surface area (Å²) >= 11 is 0. The fourth-order valence-corrected chi connectivity index (χ4v) is 3.04. The predicted molar refractivity (Wildman–Crippen MR) is 122 cm³/mol. The molecule has 0 radical (unpaired) electrons. The maximum absolute atomic E-state index is 13.9. The third-order valence-corrected chi connectivity index (χ3v) is 4.34. The molecular weight excluding hydrogens is 488 g/mol. The minimum absolute atomic E-state index is 0. The van der Waals surface area contributed by atoms with E-state index in [4.69, 9.17) is 14.2 Å². The van der Waals surface area contributed by atoms with E-state index < -0.39 is 0 Å². The van der Waals surface area contributed by atoms with Crippen LogP contribution in [0.4, 0.5) is 4.39 Å². The van der Waals surface area contributed by atoms with Crippen molar-refractivity contribution in [1.29, 1.82) is 0 Å². The molecular formula is C21H27FIN3O3. The zero-order valence-electron chi connectivity index (χ0n) is 16.7. The Morgan fingerprint density at radius 3 is 2.90 bits per heavy atom. The molecule has 0 fully saturated rings. The lowest BCUT2D eigenvalue weighted by Crippen LogP contribution is -2.38. The van der Waals surface area contributed by atoms with Crippen LogP contribution in [0.5, 0.6) is 11.5 Å². The molecule has 2 aromatic carbocycles. The third kappa shape index (κ3) is 6.74. The summed E-state index contributed by atoms with van der Waals surface area (Å²) in [4.78, 5) is 4.61. The average Bonchev–Trinajstić information content (AvgIpc) is 2.72. The van der Waals surface area contributed by atoms with E-state index >= 15 is 0 Å². The molecule has 29 heavy (non-hydrogen) atoms. The number of nitrogens with zero attached hydrogens (tertiary/aromatic N) is 1. The molecule has 2 aromatic rings. The Bertz CT molecular complexity index is 833. The number of benzene rings is 2. The number of nitrogens with one attached hydrogen (secondary N) is 2. The molecule has 2 N–H and O–H groups in total. The van der Waals surface area contributed by atoms with Crippen molar-refractivity contribution >= 4 is 29.9 Å². The molecule has 0 aromatic heterocycles. The lowest BCUT2D eigenvalue weighted by molar-refractivity contribution is -0.0172. The molecule has 3 rings (SSSR count). The van der Waals surface area contributed by atoms with Crippen LogP contribution in [0, 0.1) is 5.82 Å². The topological polar surface area (TPSA) is 64.1 Å². The quantitative estimate of drug-likeness (QED) is 0.335. The summed E-state index contributed by atoms with van der Waals surface area (Å²) in [6.07, 6.45) is 0.615. The number of hydrogen-bond acceptors (Lipinski definition) is 4. The van der Waals surface area contributed by atoms with Gasteiger partial charge >= 0.3 is 0 Å². The number of guanidine groups is 1. The molecule has 0 aliphatic carbocycles. The molecule has 0 amide bonds. The first-order valence-electron chi connectivity index (χ1n) is 9.36. The predicted octanol–water partition coefficient (Wildman–Crippen LogP) is 3.62. The van der Waals surface area contributed by atoms with E-state index in [-0.39, 0.29) is 36.6 Å². The second kappa shape index (κ2) is 11.8. The number of halogens is 2. The van der Waals surface area contributed by atoms with Crippen molar-refractivity contribution in [2.75, 3.05) is 27.0 Å². The monoisotopic (exact) mass is 515 g/mol. The molecule has 0 bridgehead atoms. The number of fused-ring (bicyclic) bond motifs is 1. The number of aliphatic imine (C=N–C) groups is 1. The molecule has 8 heteroatoms. The first kappa shape index (κ1) is 23.2. The van der Waals surface area contributed by atoms with Crippen molar-refractivity contribution in [3.63, 3.8) is 0 Å². The van der Waals surface area contributed by atoms with Crippen LogP contribution in [0.2, 0.25) is 0 Å². The van der Waals surface area contributed by atoms with Gasteiger partial charge in [0.15, 0.2) is 12.8 Å². The van der Waals surface area contributed by atoms with Crippen LogP contribution in [0.3, 0.4) is 0 Å². The zero-order chi connectivity index (χ0) is 19.8. The van der Waals surface area contributed by atoms with Crippen LogP contribution in [0.15, 0.2) is 41.4 Å². The Morgan fingerprint density at radius 1 is 1.24 bits per heavy atom. The van der Waals surface area contributed by atoms with Crippen LogP contribution in [-0.4, -0.2) is 33.0 Å².